The van der Waals surface area contributed by atoms with Gasteiger partial charge in [0, 0.05) is 33.3 Å². The standard InChI is InChI=1S/C68H38F2N6/c1-74-54-30-24-49(25-31-54)60-37-53(47-20-14-44(41-72)15-21-47)39-64(68(60)70)76(56-10-6-3-7-11-56)62-35-29-51-26-32-57-61(34-28-50-27-33-58(62)66(51)65(50)57)75(55-8-4-2-5-9-55)63-38-52(46-18-12-43(40-71)13-19-46)36-59(67(63)69)48-22-16-45(42-73)17-23-48/h2-39H/i2D,3D,4D,5D,6D,7D,8D,9D,10D,11D. The third-order valence-electron chi connectivity index (χ3n) is 13.4. The van der Waals surface area contributed by atoms with Gasteiger partial charge < -0.3 is 9.80 Å². The Labute approximate surface area is 451 Å². The van der Waals surface area contributed by atoms with Gasteiger partial charge in [-0.15, -0.1) is 0 Å². The average Bonchev–Trinajstić information content (AvgIpc) is 1.05. The molecule has 6 nitrogen and oxygen atoms in total. The maximum Gasteiger partial charge on any atom is 0.187 e. The summed E-state index contributed by atoms with van der Waals surface area (Å²) in [7, 11) is 0. The number of benzene rings is 12. The van der Waals surface area contributed by atoms with Gasteiger partial charge in [-0.25, -0.2) is 13.6 Å². The molecule has 12 aromatic carbocycles. The molecule has 0 N–H and O–H groups in total. The number of hydrogen-bond acceptors (Lipinski definition) is 5. The molecule has 0 aliphatic rings. The van der Waals surface area contributed by atoms with E-state index in [-0.39, 0.29) is 33.9 Å². The van der Waals surface area contributed by atoms with Crippen LogP contribution < -0.4 is 9.80 Å². The van der Waals surface area contributed by atoms with Crippen molar-refractivity contribution in [3.05, 3.63) is 270 Å². The zero-order valence-corrected chi connectivity index (χ0v) is 39.6. The summed E-state index contributed by atoms with van der Waals surface area (Å²) < 4.78 is 128. The van der Waals surface area contributed by atoms with Crippen LogP contribution in [0.2, 0.25) is 0 Å². The van der Waals surface area contributed by atoms with E-state index >= 15 is 8.78 Å². The van der Waals surface area contributed by atoms with Gasteiger partial charge >= 0.3 is 0 Å². The zero-order chi connectivity index (χ0) is 60.6. The van der Waals surface area contributed by atoms with E-state index < -0.39 is 83.4 Å². The first-order chi connectivity index (χ1) is 41.5. The first-order valence-electron chi connectivity index (χ1n) is 28.6. The fraction of sp³-hybridized carbons (Fsp3) is 0. The first kappa shape index (κ1) is 36.1. The second-order valence-corrected chi connectivity index (χ2v) is 17.6. The molecule has 0 saturated heterocycles. The summed E-state index contributed by atoms with van der Waals surface area (Å²) in [6.07, 6.45) is 0. The third kappa shape index (κ3) is 8.12. The molecule has 0 fully saturated rings. The van der Waals surface area contributed by atoms with E-state index in [1.54, 1.807) is 133 Å². The van der Waals surface area contributed by atoms with Crippen molar-refractivity contribution in [1.29, 1.82) is 15.8 Å². The van der Waals surface area contributed by atoms with Crippen LogP contribution in [-0.2, 0) is 0 Å². The van der Waals surface area contributed by atoms with E-state index in [0.29, 0.717) is 88.1 Å². The maximum absolute atomic E-state index is 18.4. The highest BCUT2D eigenvalue weighted by Crippen LogP contribution is 2.50. The molecule has 0 saturated carbocycles. The molecule has 12 rings (SSSR count). The number of rotatable bonds is 10. The van der Waals surface area contributed by atoms with E-state index in [2.05, 4.69) is 23.1 Å². The zero-order valence-electron chi connectivity index (χ0n) is 49.6. The minimum Gasteiger partial charge on any atom is -0.307 e. The molecule has 8 heteroatoms. The van der Waals surface area contributed by atoms with E-state index in [1.165, 1.54) is 46.2 Å². The lowest BCUT2D eigenvalue weighted by atomic mass is 9.91. The van der Waals surface area contributed by atoms with Crippen LogP contribution >= 0.6 is 0 Å². The lowest BCUT2D eigenvalue weighted by Gasteiger charge is -2.30. The molecule has 76 heavy (non-hydrogen) atoms. The van der Waals surface area contributed by atoms with Crippen LogP contribution in [0.4, 0.5) is 48.6 Å². The normalized spacial score (nSPS) is 12.8. The van der Waals surface area contributed by atoms with Crippen LogP contribution in [-0.4, -0.2) is 0 Å². The number of nitrogens with zero attached hydrogens (tertiary/aromatic N) is 6. The lowest BCUT2D eigenvalue weighted by Crippen LogP contribution is -2.14. The Morgan fingerprint density at radius 3 is 1.12 bits per heavy atom. The highest BCUT2D eigenvalue weighted by Gasteiger charge is 2.27. The van der Waals surface area contributed by atoms with Crippen molar-refractivity contribution in [2.75, 3.05) is 9.80 Å². The van der Waals surface area contributed by atoms with Crippen molar-refractivity contribution < 1.29 is 22.5 Å². The maximum atomic E-state index is 18.4. The summed E-state index contributed by atoms with van der Waals surface area (Å²) in [5, 5.41) is 32.1. The summed E-state index contributed by atoms with van der Waals surface area (Å²) >= 11 is 0. The van der Waals surface area contributed by atoms with Crippen LogP contribution in [0, 0.1) is 52.2 Å². The Balaban J connectivity index is 1.18. The minimum absolute atomic E-state index is 0.0258. The molecular formula is C68H38F2N6. The van der Waals surface area contributed by atoms with Crippen LogP contribution in [0.5, 0.6) is 0 Å². The summed E-state index contributed by atoms with van der Waals surface area (Å²) in [5.41, 5.74) is 2.97. The molecule has 0 aliphatic carbocycles. The Bertz CT molecular complexity index is 4640. The number of nitriles is 3. The molecule has 354 valence electrons. The second kappa shape index (κ2) is 19.3. The van der Waals surface area contributed by atoms with Crippen molar-refractivity contribution in [2.24, 2.45) is 0 Å². The van der Waals surface area contributed by atoms with Crippen LogP contribution in [0.3, 0.4) is 0 Å². The molecule has 0 aliphatic heterocycles. The molecule has 0 radical (unpaired) electrons. The van der Waals surface area contributed by atoms with Crippen molar-refractivity contribution >= 4 is 72.1 Å². The van der Waals surface area contributed by atoms with Gasteiger partial charge in [-0.05, 0) is 152 Å². The molecule has 0 bridgehead atoms. The number of anilines is 6. The fourth-order valence-electron chi connectivity index (χ4n) is 9.82. The fourth-order valence-corrected chi connectivity index (χ4v) is 9.82. The summed E-state index contributed by atoms with van der Waals surface area (Å²) in [6, 6.07) is 45.0. The SMILES string of the molecule is [2H]c1c([2H])c([2H])c(N(c2cc(-c3ccc(C#N)cc3)cc(-c3ccc(C#N)cc3)c2F)c2ccc3ccc4c(N(c5cc(-c6ccc(C#N)cc6)cc(-c6ccc([N+]#[C-])cc6)c5F)c5c([2H])c([2H])c([2H])c([2H])c5[2H])ccc5ccc2c3c54)c([2H])c1[2H]. The molecule has 12 aromatic rings. The van der Waals surface area contributed by atoms with Gasteiger partial charge in [0.05, 0.1) is 77.9 Å². The Morgan fingerprint density at radius 1 is 0.395 bits per heavy atom. The minimum atomic E-state index is -0.867. The van der Waals surface area contributed by atoms with Gasteiger partial charge in [-0.1, -0.05) is 133 Å². The lowest BCUT2D eigenvalue weighted by molar-refractivity contribution is 0.632. The Kier molecular flexibility index (Phi) is 9.15. The second-order valence-electron chi connectivity index (χ2n) is 17.6. The van der Waals surface area contributed by atoms with Crippen LogP contribution in [0.15, 0.2) is 230 Å². The quantitative estimate of drug-likeness (QED) is 0.101. The average molecular weight is 987 g/mol. The van der Waals surface area contributed by atoms with E-state index in [9.17, 15) is 21.3 Å². The molecule has 0 unspecified atom stereocenters. The summed E-state index contributed by atoms with van der Waals surface area (Å²) in [6.45, 7) is 7.59. The van der Waals surface area contributed by atoms with Crippen LogP contribution in [0.1, 0.15) is 30.4 Å². The molecule has 0 spiro atoms. The predicted octanol–water partition coefficient (Wildman–Crippen LogP) is 18.6. The third-order valence-corrected chi connectivity index (χ3v) is 13.4. The van der Waals surface area contributed by atoms with Crippen molar-refractivity contribution in [3.63, 3.8) is 0 Å². The molecule has 0 aromatic heterocycles. The van der Waals surface area contributed by atoms with Crippen molar-refractivity contribution in [2.45, 2.75) is 0 Å². The van der Waals surface area contributed by atoms with Gasteiger partial charge in [0.1, 0.15) is 0 Å². The number of hydrogen-bond donors (Lipinski definition) is 0. The van der Waals surface area contributed by atoms with Gasteiger partial charge in [0.15, 0.2) is 17.3 Å². The van der Waals surface area contributed by atoms with E-state index in [1.807, 2.05) is 0 Å². The topological polar surface area (TPSA) is 82.2 Å². The number of halogens is 2. The largest absolute Gasteiger partial charge is 0.307 e. The van der Waals surface area contributed by atoms with Gasteiger partial charge in [-0.2, -0.15) is 15.8 Å². The van der Waals surface area contributed by atoms with Crippen LogP contribution in [0.25, 0.3) is 81.7 Å². The van der Waals surface area contributed by atoms with E-state index in [0.717, 1.165) is 0 Å². The first-order valence-corrected chi connectivity index (χ1v) is 23.6. The van der Waals surface area contributed by atoms with E-state index in [4.69, 9.17) is 14.8 Å². The van der Waals surface area contributed by atoms with Crippen molar-refractivity contribution in [3.8, 4) is 62.7 Å². The molecule has 0 atom stereocenters. The van der Waals surface area contributed by atoms with Gasteiger partial charge in [0.25, 0.3) is 0 Å². The van der Waals surface area contributed by atoms with Crippen molar-refractivity contribution in [1.82, 2.24) is 0 Å². The number of para-hydroxylation sites is 2. The molecule has 0 amide bonds. The summed E-state index contributed by atoms with van der Waals surface area (Å²) in [4.78, 5) is 6.08. The monoisotopic (exact) mass is 986 g/mol. The highest BCUT2D eigenvalue weighted by atomic mass is 19.1. The molecule has 0 heterocycles. The smallest absolute Gasteiger partial charge is 0.187 e. The predicted molar refractivity (Wildman–Crippen MR) is 302 cm³/mol. The Hall–Kier alpha value is -10.9. The summed E-state index contributed by atoms with van der Waals surface area (Å²) in [5.74, 6) is -1.73. The van der Waals surface area contributed by atoms with Gasteiger partial charge in [-0.3, -0.25) is 0 Å². The highest BCUT2D eigenvalue weighted by molar-refractivity contribution is 6.28. The van der Waals surface area contributed by atoms with Gasteiger partial charge in [0.2, 0.25) is 0 Å². The molecular weight excluding hydrogens is 939 g/mol. The Morgan fingerprint density at radius 2 is 0.750 bits per heavy atom.